The third-order valence-electron chi connectivity index (χ3n) is 4.51. The standard InChI is InChI=1S/C20H23FN4O4/c1-12-3-4-16(15(21)9-12)29-17-10-13-11-22-20(23-14(5-7-26)6-8-27)24-18(13)25(2)19(17)28/h3-4,9-11,14,26-27H,5-8H2,1-2H3,(H,22,23,24). The number of hydrogen-bond donors (Lipinski definition) is 3. The first-order valence-corrected chi connectivity index (χ1v) is 9.22. The van der Waals surface area contributed by atoms with Crippen molar-refractivity contribution >= 4 is 17.0 Å². The number of pyridine rings is 1. The van der Waals surface area contributed by atoms with E-state index in [1.165, 1.54) is 29.0 Å². The minimum absolute atomic E-state index is 0.0366. The molecule has 0 spiro atoms. The van der Waals surface area contributed by atoms with Crippen molar-refractivity contribution in [3.8, 4) is 11.5 Å². The van der Waals surface area contributed by atoms with Crippen molar-refractivity contribution in [1.82, 2.24) is 14.5 Å². The number of aliphatic hydroxyl groups excluding tert-OH is 2. The lowest BCUT2D eigenvalue weighted by molar-refractivity contribution is 0.247. The molecule has 0 amide bonds. The van der Waals surface area contributed by atoms with Crippen molar-refractivity contribution in [2.45, 2.75) is 25.8 Å². The first kappa shape index (κ1) is 20.7. The molecule has 0 aliphatic heterocycles. The van der Waals surface area contributed by atoms with Gasteiger partial charge in [0.1, 0.15) is 5.65 Å². The van der Waals surface area contributed by atoms with Crippen LogP contribution >= 0.6 is 0 Å². The molecule has 3 aromatic rings. The van der Waals surface area contributed by atoms with E-state index in [1.807, 2.05) is 0 Å². The third-order valence-corrected chi connectivity index (χ3v) is 4.51. The number of ether oxygens (including phenoxy) is 1. The quantitative estimate of drug-likeness (QED) is 0.529. The number of fused-ring (bicyclic) bond motifs is 1. The number of halogens is 1. The van der Waals surface area contributed by atoms with Crippen LogP contribution in [0.3, 0.4) is 0 Å². The number of benzene rings is 1. The van der Waals surface area contributed by atoms with E-state index in [0.29, 0.717) is 23.9 Å². The van der Waals surface area contributed by atoms with Crippen molar-refractivity contribution in [2.75, 3.05) is 18.5 Å². The second-order valence-corrected chi connectivity index (χ2v) is 6.75. The van der Waals surface area contributed by atoms with Crippen molar-refractivity contribution in [2.24, 2.45) is 7.05 Å². The Hall–Kier alpha value is -3.04. The summed E-state index contributed by atoms with van der Waals surface area (Å²) < 4.78 is 20.9. The molecular weight excluding hydrogens is 379 g/mol. The highest BCUT2D eigenvalue weighted by atomic mass is 19.1. The molecule has 1 aromatic carbocycles. The van der Waals surface area contributed by atoms with Crippen molar-refractivity contribution in [1.29, 1.82) is 0 Å². The molecule has 0 radical (unpaired) electrons. The smallest absolute Gasteiger partial charge is 0.294 e. The second kappa shape index (κ2) is 8.97. The number of nitrogens with zero attached hydrogens (tertiary/aromatic N) is 3. The molecule has 2 aromatic heterocycles. The number of hydrogen-bond acceptors (Lipinski definition) is 7. The van der Waals surface area contributed by atoms with Crippen LogP contribution in [0.5, 0.6) is 11.5 Å². The fraction of sp³-hybridized carbons (Fsp3) is 0.350. The third kappa shape index (κ3) is 4.69. The van der Waals surface area contributed by atoms with Crippen LogP contribution in [-0.2, 0) is 7.05 Å². The SMILES string of the molecule is Cc1ccc(Oc2cc3cnc(NC(CCO)CCO)nc3n(C)c2=O)c(F)c1. The Balaban J connectivity index is 1.94. The Morgan fingerprint density at radius 3 is 2.59 bits per heavy atom. The summed E-state index contributed by atoms with van der Waals surface area (Å²) in [6.45, 7) is 1.68. The molecular formula is C20H23FN4O4. The lowest BCUT2D eigenvalue weighted by atomic mass is 10.1. The van der Waals surface area contributed by atoms with Gasteiger partial charge in [0.05, 0.1) is 0 Å². The zero-order valence-electron chi connectivity index (χ0n) is 16.2. The number of rotatable bonds is 8. The molecule has 3 rings (SSSR count). The molecule has 3 N–H and O–H groups in total. The van der Waals surface area contributed by atoms with Crippen LogP contribution in [-0.4, -0.2) is 44.0 Å². The molecule has 0 atom stereocenters. The van der Waals surface area contributed by atoms with E-state index in [0.717, 1.165) is 5.56 Å². The number of aryl methyl sites for hydroxylation is 2. The maximum absolute atomic E-state index is 14.1. The van der Waals surface area contributed by atoms with Gasteiger partial charge < -0.3 is 20.3 Å². The number of nitrogens with one attached hydrogen (secondary N) is 1. The maximum Gasteiger partial charge on any atom is 0.294 e. The van der Waals surface area contributed by atoms with Crippen LogP contribution in [0.25, 0.3) is 11.0 Å². The lowest BCUT2D eigenvalue weighted by Crippen LogP contribution is -2.24. The number of aromatic nitrogens is 3. The summed E-state index contributed by atoms with van der Waals surface area (Å²) in [7, 11) is 1.54. The van der Waals surface area contributed by atoms with E-state index in [4.69, 9.17) is 14.9 Å². The molecule has 0 fully saturated rings. The topological polar surface area (TPSA) is 110 Å². The minimum atomic E-state index is -0.554. The van der Waals surface area contributed by atoms with Gasteiger partial charge >= 0.3 is 0 Å². The fourth-order valence-electron chi connectivity index (χ4n) is 2.95. The fourth-order valence-corrected chi connectivity index (χ4v) is 2.95. The van der Waals surface area contributed by atoms with Crippen LogP contribution in [0.2, 0.25) is 0 Å². The van der Waals surface area contributed by atoms with Gasteiger partial charge in [-0.15, -0.1) is 0 Å². The van der Waals surface area contributed by atoms with Gasteiger partial charge in [-0.3, -0.25) is 9.36 Å². The summed E-state index contributed by atoms with van der Waals surface area (Å²) in [5, 5.41) is 21.9. The van der Waals surface area contributed by atoms with Crippen LogP contribution in [0.15, 0.2) is 35.3 Å². The molecule has 0 saturated heterocycles. The van der Waals surface area contributed by atoms with Crippen LogP contribution in [0.1, 0.15) is 18.4 Å². The predicted molar refractivity (Wildman–Crippen MR) is 107 cm³/mol. The van der Waals surface area contributed by atoms with Gasteiger partial charge in [-0.2, -0.15) is 4.98 Å². The van der Waals surface area contributed by atoms with Gasteiger partial charge in [-0.25, -0.2) is 9.37 Å². The summed E-state index contributed by atoms with van der Waals surface area (Å²) in [5.74, 6) is -0.355. The second-order valence-electron chi connectivity index (χ2n) is 6.75. The highest BCUT2D eigenvalue weighted by Crippen LogP contribution is 2.25. The van der Waals surface area contributed by atoms with Crippen LogP contribution in [0, 0.1) is 12.7 Å². The van der Waals surface area contributed by atoms with Gasteiger partial charge in [-0.1, -0.05) is 6.07 Å². The van der Waals surface area contributed by atoms with Gasteiger partial charge in [0.15, 0.2) is 17.3 Å². The van der Waals surface area contributed by atoms with E-state index in [1.54, 1.807) is 20.0 Å². The van der Waals surface area contributed by atoms with E-state index < -0.39 is 11.4 Å². The first-order chi connectivity index (χ1) is 13.9. The average Bonchev–Trinajstić information content (AvgIpc) is 2.69. The normalized spacial score (nSPS) is 11.2. The van der Waals surface area contributed by atoms with Gasteiger partial charge in [0, 0.05) is 37.9 Å². The maximum atomic E-state index is 14.1. The van der Waals surface area contributed by atoms with Crippen molar-refractivity contribution < 1.29 is 19.3 Å². The predicted octanol–water partition coefficient (Wildman–Crippen LogP) is 2.11. The van der Waals surface area contributed by atoms with Crippen LogP contribution < -0.4 is 15.6 Å². The zero-order chi connectivity index (χ0) is 21.0. The Bertz CT molecular complexity index is 1060. The summed E-state index contributed by atoms with van der Waals surface area (Å²) >= 11 is 0. The molecule has 2 heterocycles. The van der Waals surface area contributed by atoms with E-state index in [9.17, 15) is 9.18 Å². The van der Waals surface area contributed by atoms with E-state index in [-0.39, 0.29) is 36.7 Å². The Morgan fingerprint density at radius 1 is 1.21 bits per heavy atom. The monoisotopic (exact) mass is 402 g/mol. The number of anilines is 1. The highest BCUT2D eigenvalue weighted by Gasteiger charge is 2.15. The van der Waals surface area contributed by atoms with E-state index in [2.05, 4.69) is 15.3 Å². The van der Waals surface area contributed by atoms with Gasteiger partial charge in [0.2, 0.25) is 5.95 Å². The minimum Gasteiger partial charge on any atom is -0.448 e. The summed E-state index contributed by atoms with van der Waals surface area (Å²) in [6, 6.07) is 5.77. The Morgan fingerprint density at radius 2 is 1.93 bits per heavy atom. The van der Waals surface area contributed by atoms with Crippen LogP contribution in [0.4, 0.5) is 10.3 Å². The summed E-state index contributed by atoms with van der Waals surface area (Å²) in [6.07, 6.45) is 2.38. The van der Waals surface area contributed by atoms with Gasteiger partial charge in [-0.05, 0) is 43.5 Å². The van der Waals surface area contributed by atoms with Crippen molar-refractivity contribution in [3.05, 3.63) is 52.2 Å². The summed E-state index contributed by atoms with van der Waals surface area (Å²) in [4.78, 5) is 21.3. The molecule has 29 heavy (non-hydrogen) atoms. The number of aliphatic hydroxyl groups is 2. The largest absolute Gasteiger partial charge is 0.448 e. The summed E-state index contributed by atoms with van der Waals surface area (Å²) in [5.41, 5.74) is 0.649. The molecule has 0 bridgehead atoms. The Labute approximate surface area is 166 Å². The molecule has 8 nitrogen and oxygen atoms in total. The first-order valence-electron chi connectivity index (χ1n) is 9.22. The molecule has 0 saturated carbocycles. The Kier molecular flexibility index (Phi) is 6.40. The molecule has 0 aliphatic carbocycles. The molecule has 9 heteroatoms. The molecule has 0 unspecified atom stereocenters. The molecule has 0 aliphatic rings. The van der Waals surface area contributed by atoms with Crippen molar-refractivity contribution in [3.63, 3.8) is 0 Å². The average molecular weight is 402 g/mol. The van der Waals surface area contributed by atoms with Gasteiger partial charge in [0.25, 0.3) is 5.56 Å². The molecule has 154 valence electrons. The highest BCUT2D eigenvalue weighted by molar-refractivity contribution is 5.76. The lowest BCUT2D eigenvalue weighted by Gasteiger charge is -2.17. The zero-order valence-corrected chi connectivity index (χ0v) is 16.2. The van der Waals surface area contributed by atoms with E-state index >= 15 is 0 Å².